The minimum Gasteiger partial charge on any atom is -0.0776 e. The molecule has 154 valence electrons. The van der Waals surface area contributed by atoms with E-state index in [0.29, 0.717) is 11.8 Å². The Morgan fingerprint density at radius 3 is 2.30 bits per heavy atom. The van der Waals surface area contributed by atoms with Gasteiger partial charge in [-0.15, -0.1) is 0 Å². The van der Waals surface area contributed by atoms with Crippen molar-refractivity contribution in [1.29, 1.82) is 0 Å². The first-order valence-corrected chi connectivity index (χ1v) is 11.3. The third kappa shape index (κ3) is 4.01. The van der Waals surface area contributed by atoms with Crippen molar-refractivity contribution in [3.63, 3.8) is 0 Å². The molecule has 0 spiro atoms. The second kappa shape index (κ2) is 8.26. The van der Waals surface area contributed by atoms with Gasteiger partial charge in [-0.3, -0.25) is 0 Å². The fraction of sp³-hybridized carbons (Fsp3) is 0.333. The summed E-state index contributed by atoms with van der Waals surface area (Å²) in [6.45, 7) is 11.6. The average molecular weight is 395 g/mol. The minimum absolute atomic E-state index is 0.0855. The van der Waals surface area contributed by atoms with E-state index in [1.807, 2.05) is 0 Å². The summed E-state index contributed by atoms with van der Waals surface area (Å²) in [6.07, 6.45) is 16.2. The maximum atomic E-state index is 2.49. The molecule has 2 aromatic rings. The van der Waals surface area contributed by atoms with E-state index >= 15 is 0 Å². The Morgan fingerprint density at radius 2 is 1.60 bits per heavy atom. The maximum Gasteiger partial charge on any atom is -0.000103 e. The summed E-state index contributed by atoms with van der Waals surface area (Å²) in [5.41, 5.74) is 9.93. The van der Waals surface area contributed by atoms with Crippen molar-refractivity contribution in [2.75, 3.05) is 0 Å². The molecule has 0 amide bonds. The molecule has 0 N–H and O–H groups in total. The second-order valence-electron chi connectivity index (χ2n) is 9.54. The lowest BCUT2D eigenvalue weighted by Crippen LogP contribution is -2.34. The SMILES string of the molecule is Cc1ccc(C2=CCC([C@H](C)[C@](C)(CC3C=CC=C3)c3cc(C)ccc3C)=C2)cc1. The largest absolute Gasteiger partial charge is 0.0776 e. The molecule has 0 saturated carbocycles. The molecule has 30 heavy (non-hydrogen) atoms. The van der Waals surface area contributed by atoms with Crippen LogP contribution in [0.25, 0.3) is 5.57 Å². The predicted octanol–water partition coefficient (Wildman–Crippen LogP) is 8.05. The summed E-state index contributed by atoms with van der Waals surface area (Å²) in [4.78, 5) is 0. The van der Waals surface area contributed by atoms with Gasteiger partial charge < -0.3 is 0 Å². The van der Waals surface area contributed by atoms with Gasteiger partial charge in [0, 0.05) is 0 Å². The summed E-state index contributed by atoms with van der Waals surface area (Å²) in [6, 6.07) is 15.9. The van der Waals surface area contributed by atoms with Crippen molar-refractivity contribution in [2.45, 2.75) is 52.9 Å². The van der Waals surface area contributed by atoms with Gasteiger partial charge in [0.05, 0.1) is 0 Å². The first-order valence-electron chi connectivity index (χ1n) is 11.3. The van der Waals surface area contributed by atoms with Crippen molar-refractivity contribution >= 4 is 5.57 Å². The van der Waals surface area contributed by atoms with Crippen molar-refractivity contribution in [3.05, 3.63) is 112 Å². The Bertz CT molecular complexity index is 1030. The number of benzene rings is 2. The Kier molecular flexibility index (Phi) is 5.69. The molecule has 0 nitrogen and oxygen atoms in total. The molecule has 0 radical (unpaired) electrons. The van der Waals surface area contributed by atoms with Crippen LogP contribution in [0.1, 0.15) is 54.5 Å². The van der Waals surface area contributed by atoms with E-state index in [0.717, 1.165) is 12.8 Å². The van der Waals surface area contributed by atoms with Crippen LogP contribution in [0, 0.1) is 32.6 Å². The quantitative estimate of drug-likeness (QED) is 0.465. The highest BCUT2D eigenvalue weighted by Gasteiger charge is 2.38. The Balaban J connectivity index is 1.69. The first-order chi connectivity index (χ1) is 14.4. The molecule has 2 aliphatic rings. The van der Waals surface area contributed by atoms with E-state index in [4.69, 9.17) is 0 Å². The van der Waals surface area contributed by atoms with Crippen LogP contribution in [0.4, 0.5) is 0 Å². The third-order valence-electron chi connectivity index (χ3n) is 7.29. The number of aryl methyl sites for hydroxylation is 3. The number of rotatable bonds is 6. The molecule has 0 heteroatoms. The van der Waals surface area contributed by atoms with E-state index in [2.05, 4.69) is 114 Å². The maximum absolute atomic E-state index is 2.49. The Hall–Kier alpha value is -2.60. The summed E-state index contributed by atoms with van der Waals surface area (Å²) in [7, 11) is 0. The van der Waals surface area contributed by atoms with Gasteiger partial charge in [-0.2, -0.15) is 0 Å². The normalized spacial score (nSPS) is 19.0. The summed E-state index contributed by atoms with van der Waals surface area (Å²) < 4.78 is 0. The molecule has 0 aliphatic heterocycles. The van der Waals surface area contributed by atoms with E-state index in [-0.39, 0.29) is 5.41 Å². The smallest absolute Gasteiger partial charge is 0.000103 e. The summed E-state index contributed by atoms with van der Waals surface area (Å²) in [5.74, 6) is 0.989. The lowest BCUT2D eigenvalue weighted by atomic mass is 9.64. The molecule has 2 atom stereocenters. The predicted molar refractivity (Wildman–Crippen MR) is 131 cm³/mol. The van der Waals surface area contributed by atoms with Gasteiger partial charge in [0.2, 0.25) is 0 Å². The lowest BCUT2D eigenvalue weighted by Gasteiger charge is -2.40. The number of hydrogen-bond donors (Lipinski definition) is 0. The van der Waals surface area contributed by atoms with Crippen LogP contribution in [-0.4, -0.2) is 0 Å². The van der Waals surface area contributed by atoms with Gasteiger partial charge in [-0.25, -0.2) is 0 Å². The van der Waals surface area contributed by atoms with Gasteiger partial charge >= 0.3 is 0 Å². The van der Waals surface area contributed by atoms with E-state index in [1.165, 1.54) is 33.4 Å². The molecular weight excluding hydrogens is 360 g/mol. The number of hydrogen-bond acceptors (Lipinski definition) is 0. The third-order valence-corrected chi connectivity index (χ3v) is 7.29. The Labute approximate surface area is 182 Å². The average Bonchev–Trinajstić information content (AvgIpc) is 3.42. The van der Waals surface area contributed by atoms with Crippen LogP contribution in [0.15, 0.2) is 84.5 Å². The molecular formula is C30H34. The monoisotopic (exact) mass is 394 g/mol. The van der Waals surface area contributed by atoms with Crippen LogP contribution in [-0.2, 0) is 5.41 Å². The van der Waals surface area contributed by atoms with Crippen molar-refractivity contribution in [2.24, 2.45) is 11.8 Å². The van der Waals surface area contributed by atoms with Crippen LogP contribution < -0.4 is 0 Å². The van der Waals surface area contributed by atoms with Crippen LogP contribution >= 0.6 is 0 Å². The van der Waals surface area contributed by atoms with Gasteiger partial charge in [0.15, 0.2) is 0 Å². The highest BCUT2D eigenvalue weighted by molar-refractivity contribution is 5.78. The second-order valence-corrected chi connectivity index (χ2v) is 9.54. The molecule has 2 aliphatic carbocycles. The first kappa shape index (κ1) is 20.7. The Morgan fingerprint density at radius 1 is 0.933 bits per heavy atom. The topological polar surface area (TPSA) is 0 Å². The number of allylic oxidation sites excluding steroid dienone is 8. The zero-order valence-corrected chi connectivity index (χ0v) is 19.1. The summed E-state index contributed by atoms with van der Waals surface area (Å²) in [5, 5.41) is 0. The molecule has 4 rings (SSSR count). The molecule has 0 unspecified atom stereocenters. The van der Waals surface area contributed by atoms with Gasteiger partial charge in [0.1, 0.15) is 0 Å². The molecule has 0 heterocycles. The van der Waals surface area contributed by atoms with E-state index in [9.17, 15) is 0 Å². The molecule has 0 saturated heterocycles. The van der Waals surface area contributed by atoms with Crippen molar-refractivity contribution < 1.29 is 0 Å². The molecule has 2 aromatic carbocycles. The fourth-order valence-corrected chi connectivity index (χ4v) is 5.18. The van der Waals surface area contributed by atoms with Gasteiger partial charge in [0.25, 0.3) is 0 Å². The molecule has 0 fully saturated rings. The standard InChI is InChI=1S/C30H34/c1-21-11-14-26(15-12-21)28-17-16-27(19-28)24(4)30(5,20-25-8-6-7-9-25)29-18-22(2)10-13-23(29)3/h6-15,17-19,24-25H,16,20H2,1-5H3/t24-,30-/m0/s1. The fourth-order valence-electron chi connectivity index (χ4n) is 5.18. The lowest BCUT2D eigenvalue weighted by molar-refractivity contribution is 0.308. The van der Waals surface area contributed by atoms with E-state index in [1.54, 1.807) is 5.57 Å². The van der Waals surface area contributed by atoms with Crippen molar-refractivity contribution in [3.8, 4) is 0 Å². The molecule has 0 aromatic heterocycles. The highest BCUT2D eigenvalue weighted by atomic mass is 14.4. The molecule has 0 bridgehead atoms. The van der Waals surface area contributed by atoms with Crippen molar-refractivity contribution in [1.82, 2.24) is 0 Å². The van der Waals surface area contributed by atoms with Crippen LogP contribution in [0.3, 0.4) is 0 Å². The summed E-state index contributed by atoms with van der Waals surface area (Å²) >= 11 is 0. The highest BCUT2D eigenvalue weighted by Crippen LogP contribution is 2.46. The van der Waals surface area contributed by atoms with Gasteiger partial charge in [-0.05, 0) is 73.1 Å². The van der Waals surface area contributed by atoms with Crippen LogP contribution in [0.5, 0.6) is 0 Å². The van der Waals surface area contributed by atoms with Gasteiger partial charge in [-0.1, -0.05) is 109 Å². The van der Waals surface area contributed by atoms with Crippen LogP contribution in [0.2, 0.25) is 0 Å². The minimum atomic E-state index is 0.0855. The zero-order valence-electron chi connectivity index (χ0n) is 19.1. The van der Waals surface area contributed by atoms with E-state index < -0.39 is 0 Å². The zero-order chi connectivity index (χ0) is 21.3.